The summed E-state index contributed by atoms with van der Waals surface area (Å²) in [6.45, 7) is -0.536. The molecule has 0 bridgehead atoms. The molecular weight excluding hydrogens is 417 g/mol. The third-order valence-corrected chi connectivity index (χ3v) is 4.92. The van der Waals surface area contributed by atoms with Crippen molar-refractivity contribution in [2.24, 2.45) is 0 Å². The maximum atomic E-state index is 12.9. The summed E-state index contributed by atoms with van der Waals surface area (Å²) in [5, 5.41) is 12.8. The number of nitrogens with one attached hydrogen (secondary N) is 1. The minimum absolute atomic E-state index is 0.00613. The average Bonchev–Trinajstić information content (AvgIpc) is 2.97. The van der Waals surface area contributed by atoms with Crippen molar-refractivity contribution in [3.05, 3.63) is 68.9 Å². The molecule has 30 heavy (non-hydrogen) atoms. The molecule has 0 aromatic heterocycles. The molecule has 0 aliphatic carbocycles. The molecule has 2 aromatic rings. The van der Waals surface area contributed by atoms with Gasteiger partial charge < -0.3 is 10.1 Å². The van der Waals surface area contributed by atoms with Crippen LogP contribution in [0, 0.1) is 15.9 Å². The number of nitrogens with zero attached hydrogens (tertiary/aromatic N) is 2. The Balaban J connectivity index is 1.77. The zero-order valence-electron chi connectivity index (χ0n) is 15.5. The van der Waals surface area contributed by atoms with Gasteiger partial charge in [-0.1, -0.05) is 0 Å². The van der Waals surface area contributed by atoms with E-state index in [2.05, 4.69) is 5.32 Å². The van der Waals surface area contributed by atoms with Gasteiger partial charge in [0.1, 0.15) is 18.1 Å². The molecule has 11 heteroatoms. The number of carbonyl (C=O) groups excluding carboxylic acids is 3. The van der Waals surface area contributed by atoms with E-state index in [0.29, 0.717) is 17.4 Å². The Morgan fingerprint density at radius 3 is 2.60 bits per heavy atom. The van der Waals surface area contributed by atoms with Gasteiger partial charge >= 0.3 is 0 Å². The van der Waals surface area contributed by atoms with Crippen LogP contribution in [0.15, 0.2) is 47.4 Å². The van der Waals surface area contributed by atoms with Crippen molar-refractivity contribution in [2.75, 3.05) is 19.0 Å². The van der Waals surface area contributed by atoms with Crippen LogP contribution in [-0.4, -0.2) is 40.5 Å². The SMILES string of the molecule is COc1ccc([N+](=O)[O-])cc1/C=C1/SC(=O)N(CC(=O)Nc2ccc(F)cc2)C1=O. The first kappa shape index (κ1) is 21.0. The maximum absolute atomic E-state index is 12.9. The maximum Gasteiger partial charge on any atom is 0.294 e. The summed E-state index contributed by atoms with van der Waals surface area (Å²) in [6.07, 6.45) is 1.30. The summed E-state index contributed by atoms with van der Waals surface area (Å²) in [5.41, 5.74) is 0.346. The fourth-order valence-corrected chi connectivity index (χ4v) is 3.43. The quantitative estimate of drug-likeness (QED) is 0.423. The summed E-state index contributed by atoms with van der Waals surface area (Å²) in [4.78, 5) is 48.1. The summed E-state index contributed by atoms with van der Waals surface area (Å²) in [6, 6.07) is 8.85. The van der Waals surface area contributed by atoms with E-state index >= 15 is 0 Å². The molecule has 2 aromatic carbocycles. The lowest BCUT2D eigenvalue weighted by molar-refractivity contribution is -0.384. The fourth-order valence-electron chi connectivity index (χ4n) is 2.60. The second-order valence-corrected chi connectivity index (χ2v) is 7.00. The van der Waals surface area contributed by atoms with Crippen LogP contribution in [0.5, 0.6) is 5.75 Å². The van der Waals surface area contributed by atoms with Gasteiger partial charge in [0, 0.05) is 23.4 Å². The summed E-state index contributed by atoms with van der Waals surface area (Å²) in [5.74, 6) is -1.55. The number of thioether (sulfide) groups is 1. The van der Waals surface area contributed by atoms with Crippen LogP contribution in [0.1, 0.15) is 5.56 Å². The second-order valence-electron chi connectivity index (χ2n) is 6.01. The highest BCUT2D eigenvalue weighted by Gasteiger charge is 2.36. The number of anilines is 1. The molecule has 154 valence electrons. The number of nitro benzene ring substituents is 1. The molecule has 1 saturated heterocycles. The van der Waals surface area contributed by atoms with E-state index in [9.17, 15) is 28.9 Å². The van der Waals surface area contributed by atoms with E-state index < -0.39 is 34.3 Å². The van der Waals surface area contributed by atoms with Gasteiger partial charge in [-0.3, -0.25) is 29.4 Å². The first-order valence-corrected chi connectivity index (χ1v) is 9.23. The number of benzene rings is 2. The molecule has 0 spiro atoms. The lowest BCUT2D eigenvalue weighted by atomic mass is 10.1. The normalized spacial score (nSPS) is 14.9. The molecule has 1 aliphatic rings. The molecule has 0 saturated carbocycles. The molecular formula is C19H14FN3O6S. The average molecular weight is 431 g/mol. The molecule has 1 aliphatic heterocycles. The topological polar surface area (TPSA) is 119 Å². The van der Waals surface area contributed by atoms with E-state index in [-0.39, 0.29) is 21.9 Å². The first-order valence-electron chi connectivity index (χ1n) is 8.41. The second kappa shape index (κ2) is 8.74. The minimum Gasteiger partial charge on any atom is -0.496 e. The Morgan fingerprint density at radius 2 is 1.97 bits per heavy atom. The molecule has 9 nitrogen and oxygen atoms in total. The molecule has 0 radical (unpaired) electrons. The molecule has 3 rings (SSSR count). The Kier molecular flexibility index (Phi) is 6.11. The number of amides is 3. The number of rotatable bonds is 6. The van der Waals surface area contributed by atoms with Crippen molar-refractivity contribution in [1.82, 2.24) is 4.90 Å². The third kappa shape index (κ3) is 4.63. The van der Waals surface area contributed by atoms with Gasteiger partial charge in [0.2, 0.25) is 5.91 Å². The minimum atomic E-state index is -0.715. The third-order valence-electron chi connectivity index (χ3n) is 4.01. The number of halogens is 1. The highest BCUT2D eigenvalue weighted by atomic mass is 32.2. The number of hydrogen-bond donors (Lipinski definition) is 1. The summed E-state index contributed by atoms with van der Waals surface area (Å²) in [7, 11) is 1.37. The van der Waals surface area contributed by atoms with Crippen molar-refractivity contribution in [3.63, 3.8) is 0 Å². The predicted molar refractivity (Wildman–Crippen MR) is 107 cm³/mol. The Bertz CT molecular complexity index is 1070. The van der Waals surface area contributed by atoms with Crippen molar-refractivity contribution in [1.29, 1.82) is 0 Å². The number of methoxy groups -OCH3 is 1. The molecule has 0 unspecified atom stereocenters. The van der Waals surface area contributed by atoms with Gasteiger partial charge in [-0.25, -0.2) is 4.39 Å². The van der Waals surface area contributed by atoms with E-state index in [4.69, 9.17) is 4.74 Å². The van der Waals surface area contributed by atoms with Gasteiger partial charge in [0.15, 0.2) is 0 Å². The van der Waals surface area contributed by atoms with E-state index in [0.717, 1.165) is 17.0 Å². The first-order chi connectivity index (χ1) is 14.3. The van der Waals surface area contributed by atoms with Gasteiger partial charge in [-0.15, -0.1) is 0 Å². The largest absolute Gasteiger partial charge is 0.496 e. The predicted octanol–water partition coefficient (Wildman–Crippen LogP) is 3.42. The lowest BCUT2D eigenvalue weighted by Crippen LogP contribution is -2.36. The van der Waals surface area contributed by atoms with Crippen LogP contribution < -0.4 is 10.1 Å². The highest BCUT2D eigenvalue weighted by Crippen LogP contribution is 2.35. The van der Waals surface area contributed by atoms with Gasteiger partial charge in [0.25, 0.3) is 16.8 Å². The van der Waals surface area contributed by atoms with Crippen molar-refractivity contribution >= 4 is 46.3 Å². The van der Waals surface area contributed by atoms with Crippen LogP contribution in [0.4, 0.5) is 20.6 Å². The zero-order chi connectivity index (χ0) is 21.8. The Hall–Kier alpha value is -3.73. The van der Waals surface area contributed by atoms with Crippen molar-refractivity contribution < 1.29 is 28.4 Å². The van der Waals surface area contributed by atoms with Gasteiger partial charge in [-0.2, -0.15) is 0 Å². The van der Waals surface area contributed by atoms with E-state index in [1.807, 2.05) is 0 Å². The number of carbonyl (C=O) groups is 3. The van der Waals surface area contributed by atoms with Crippen molar-refractivity contribution in [3.8, 4) is 5.75 Å². The molecule has 1 heterocycles. The number of hydrogen-bond acceptors (Lipinski definition) is 7. The zero-order valence-corrected chi connectivity index (χ0v) is 16.3. The van der Waals surface area contributed by atoms with Crippen LogP contribution in [0.2, 0.25) is 0 Å². The standard InChI is InChI=1S/C19H14FN3O6S/c1-29-15-7-6-14(23(27)28)8-11(15)9-16-18(25)22(19(26)30-16)10-17(24)21-13-4-2-12(20)3-5-13/h2-9H,10H2,1H3,(H,21,24)/b16-9+. The summed E-state index contributed by atoms with van der Waals surface area (Å²) >= 11 is 0.604. The lowest BCUT2D eigenvalue weighted by Gasteiger charge is -2.12. The van der Waals surface area contributed by atoms with Crippen LogP contribution in [0.25, 0.3) is 6.08 Å². The number of imide groups is 1. The van der Waals surface area contributed by atoms with Crippen LogP contribution >= 0.6 is 11.8 Å². The monoisotopic (exact) mass is 431 g/mol. The Morgan fingerprint density at radius 1 is 1.27 bits per heavy atom. The smallest absolute Gasteiger partial charge is 0.294 e. The highest BCUT2D eigenvalue weighted by molar-refractivity contribution is 8.18. The fraction of sp³-hybridized carbons (Fsp3) is 0.105. The van der Waals surface area contributed by atoms with Gasteiger partial charge in [-0.05, 0) is 48.2 Å². The number of non-ortho nitro benzene ring substituents is 1. The molecule has 1 N–H and O–H groups in total. The summed E-state index contributed by atoms with van der Waals surface area (Å²) < 4.78 is 18.1. The Labute approximate surface area is 173 Å². The van der Waals surface area contributed by atoms with Crippen LogP contribution in [0.3, 0.4) is 0 Å². The number of ether oxygens (including phenoxy) is 1. The molecule has 3 amide bonds. The van der Waals surface area contributed by atoms with Crippen molar-refractivity contribution in [2.45, 2.75) is 0 Å². The van der Waals surface area contributed by atoms with E-state index in [1.165, 1.54) is 43.5 Å². The molecule has 0 atom stereocenters. The van der Waals surface area contributed by atoms with Crippen LogP contribution in [-0.2, 0) is 9.59 Å². The molecule has 1 fully saturated rings. The van der Waals surface area contributed by atoms with Gasteiger partial charge in [0.05, 0.1) is 16.9 Å². The number of nitro groups is 1. The van der Waals surface area contributed by atoms with E-state index in [1.54, 1.807) is 0 Å².